The maximum absolute atomic E-state index is 12.2. The van der Waals surface area contributed by atoms with Crippen LogP contribution in [0.5, 0.6) is 0 Å². The van der Waals surface area contributed by atoms with Gasteiger partial charge in [0.15, 0.2) is 0 Å². The predicted molar refractivity (Wildman–Crippen MR) is 79.7 cm³/mol. The Bertz CT molecular complexity index is 476. The summed E-state index contributed by atoms with van der Waals surface area (Å²) in [5.74, 6) is 1.29. The van der Waals surface area contributed by atoms with Crippen molar-refractivity contribution < 1.29 is 9.59 Å². The first kappa shape index (κ1) is 13.9. The number of amides is 2. The zero-order valence-corrected chi connectivity index (χ0v) is 11.8. The third-order valence-corrected chi connectivity index (χ3v) is 3.97. The van der Waals surface area contributed by atoms with Crippen LogP contribution in [-0.2, 0) is 9.59 Å². The summed E-state index contributed by atoms with van der Waals surface area (Å²) in [5.41, 5.74) is 1.51. The normalized spacial score (nSPS) is 13.9. The van der Waals surface area contributed by atoms with Crippen molar-refractivity contribution in [2.24, 2.45) is 0 Å². The van der Waals surface area contributed by atoms with Gasteiger partial charge in [0.25, 0.3) is 0 Å². The maximum atomic E-state index is 12.2. The lowest BCUT2D eigenvalue weighted by molar-refractivity contribution is -0.120. The van der Waals surface area contributed by atoms with Gasteiger partial charge in [0.2, 0.25) is 11.8 Å². The summed E-state index contributed by atoms with van der Waals surface area (Å²) in [4.78, 5) is 25.4. The monoisotopic (exact) mass is 278 g/mol. The van der Waals surface area contributed by atoms with E-state index in [-0.39, 0.29) is 18.4 Å². The van der Waals surface area contributed by atoms with E-state index in [1.54, 1.807) is 16.7 Å². The fourth-order valence-electron chi connectivity index (χ4n) is 1.94. The molecule has 1 N–H and O–H groups in total. The number of benzene rings is 1. The molecule has 1 aliphatic heterocycles. The van der Waals surface area contributed by atoms with Crippen LogP contribution in [-0.4, -0.2) is 29.9 Å². The van der Waals surface area contributed by atoms with Crippen molar-refractivity contribution in [1.82, 2.24) is 0 Å². The molecule has 4 nitrogen and oxygen atoms in total. The SMILES string of the molecule is CCCCSCC(=O)N1CC(=O)Nc2ccccc21. The molecule has 0 saturated heterocycles. The summed E-state index contributed by atoms with van der Waals surface area (Å²) in [6, 6.07) is 7.41. The van der Waals surface area contributed by atoms with Crippen LogP contribution in [0.4, 0.5) is 11.4 Å². The Labute approximate surface area is 117 Å². The Morgan fingerprint density at radius 2 is 2.21 bits per heavy atom. The molecule has 0 saturated carbocycles. The highest BCUT2D eigenvalue weighted by Gasteiger charge is 2.26. The number of hydrogen-bond acceptors (Lipinski definition) is 3. The molecule has 5 heteroatoms. The van der Waals surface area contributed by atoms with E-state index >= 15 is 0 Å². The number of anilines is 2. The van der Waals surface area contributed by atoms with E-state index in [4.69, 9.17) is 0 Å². The first-order valence-electron chi connectivity index (χ1n) is 6.49. The van der Waals surface area contributed by atoms with Crippen LogP contribution in [0.15, 0.2) is 24.3 Å². The van der Waals surface area contributed by atoms with Crippen molar-refractivity contribution in [2.45, 2.75) is 19.8 Å². The van der Waals surface area contributed by atoms with Gasteiger partial charge >= 0.3 is 0 Å². The van der Waals surface area contributed by atoms with Crippen molar-refractivity contribution in [2.75, 3.05) is 28.3 Å². The Kier molecular flexibility index (Phi) is 4.85. The molecule has 0 aliphatic carbocycles. The standard InChI is InChI=1S/C14H18N2O2S/c1-2-3-8-19-10-14(18)16-9-13(17)15-11-6-4-5-7-12(11)16/h4-7H,2-3,8-10H2,1H3,(H,15,17). The van der Waals surface area contributed by atoms with Crippen LogP contribution in [0.25, 0.3) is 0 Å². The van der Waals surface area contributed by atoms with E-state index in [0.29, 0.717) is 11.4 Å². The number of thioether (sulfide) groups is 1. The number of unbranched alkanes of at least 4 members (excludes halogenated alkanes) is 1. The molecule has 0 bridgehead atoms. The Hall–Kier alpha value is -1.49. The van der Waals surface area contributed by atoms with Crippen LogP contribution in [0.1, 0.15) is 19.8 Å². The van der Waals surface area contributed by atoms with E-state index in [2.05, 4.69) is 12.2 Å². The smallest absolute Gasteiger partial charge is 0.244 e. The van der Waals surface area contributed by atoms with Gasteiger partial charge in [-0.25, -0.2) is 0 Å². The second-order valence-electron chi connectivity index (χ2n) is 4.45. The molecule has 1 aromatic rings. The molecule has 1 heterocycles. The molecular formula is C14H18N2O2S. The minimum atomic E-state index is -0.134. The summed E-state index contributed by atoms with van der Waals surface area (Å²) in [6.45, 7) is 2.25. The largest absolute Gasteiger partial charge is 0.323 e. The third-order valence-electron chi connectivity index (χ3n) is 2.94. The minimum Gasteiger partial charge on any atom is -0.323 e. The average molecular weight is 278 g/mol. The number of rotatable bonds is 5. The van der Waals surface area contributed by atoms with Crippen molar-refractivity contribution in [3.8, 4) is 0 Å². The van der Waals surface area contributed by atoms with Crippen molar-refractivity contribution in [3.05, 3.63) is 24.3 Å². The number of hydrogen-bond donors (Lipinski definition) is 1. The quantitative estimate of drug-likeness (QED) is 0.842. The van der Waals surface area contributed by atoms with E-state index in [1.807, 2.05) is 24.3 Å². The molecular weight excluding hydrogens is 260 g/mol. The second kappa shape index (κ2) is 6.61. The zero-order chi connectivity index (χ0) is 13.7. The molecule has 102 valence electrons. The second-order valence-corrected chi connectivity index (χ2v) is 5.56. The van der Waals surface area contributed by atoms with E-state index in [9.17, 15) is 9.59 Å². The average Bonchev–Trinajstić information content (AvgIpc) is 2.42. The van der Waals surface area contributed by atoms with Crippen LogP contribution >= 0.6 is 11.8 Å². The Morgan fingerprint density at radius 1 is 1.42 bits per heavy atom. The zero-order valence-electron chi connectivity index (χ0n) is 11.0. The lowest BCUT2D eigenvalue weighted by atomic mass is 10.2. The molecule has 0 spiro atoms. The van der Waals surface area contributed by atoms with E-state index in [0.717, 1.165) is 24.3 Å². The topological polar surface area (TPSA) is 49.4 Å². The fraction of sp³-hybridized carbons (Fsp3) is 0.429. The molecule has 0 unspecified atom stereocenters. The Morgan fingerprint density at radius 3 is 3.00 bits per heavy atom. The Balaban J connectivity index is 2.03. The highest BCUT2D eigenvalue weighted by Crippen LogP contribution is 2.29. The summed E-state index contributed by atoms with van der Waals surface area (Å²) in [7, 11) is 0. The van der Waals surface area contributed by atoms with Crippen molar-refractivity contribution in [3.63, 3.8) is 0 Å². The maximum Gasteiger partial charge on any atom is 0.244 e. The summed E-state index contributed by atoms with van der Waals surface area (Å²) in [6.07, 6.45) is 2.26. The highest BCUT2D eigenvalue weighted by atomic mass is 32.2. The van der Waals surface area contributed by atoms with Crippen LogP contribution in [0, 0.1) is 0 Å². The van der Waals surface area contributed by atoms with Gasteiger partial charge in [0.1, 0.15) is 6.54 Å². The first-order chi connectivity index (χ1) is 9.22. The summed E-state index contributed by atoms with van der Waals surface area (Å²) >= 11 is 1.63. The van der Waals surface area contributed by atoms with Crippen molar-refractivity contribution in [1.29, 1.82) is 0 Å². The van der Waals surface area contributed by atoms with E-state index in [1.165, 1.54) is 0 Å². The number of para-hydroxylation sites is 2. The molecule has 2 rings (SSSR count). The van der Waals surface area contributed by atoms with Crippen LogP contribution in [0.2, 0.25) is 0 Å². The number of nitrogens with one attached hydrogen (secondary N) is 1. The van der Waals surface area contributed by atoms with Crippen LogP contribution in [0.3, 0.4) is 0 Å². The molecule has 1 aliphatic rings. The summed E-state index contributed by atoms with van der Waals surface area (Å²) < 4.78 is 0. The van der Waals surface area contributed by atoms with Gasteiger partial charge in [0, 0.05) is 0 Å². The number of carbonyl (C=O) groups excluding carboxylic acids is 2. The molecule has 0 aromatic heterocycles. The molecule has 2 amide bonds. The van der Waals surface area contributed by atoms with E-state index < -0.39 is 0 Å². The van der Waals surface area contributed by atoms with Gasteiger partial charge in [0.05, 0.1) is 17.1 Å². The molecule has 0 fully saturated rings. The van der Waals surface area contributed by atoms with Crippen LogP contribution < -0.4 is 10.2 Å². The number of nitrogens with zero attached hydrogens (tertiary/aromatic N) is 1. The highest BCUT2D eigenvalue weighted by molar-refractivity contribution is 7.99. The summed E-state index contributed by atoms with van der Waals surface area (Å²) in [5, 5.41) is 2.78. The van der Waals surface area contributed by atoms with Gasteiger partial charge in [-0.2, -0.15) is 11.8 Å². The molecule has 0 radical (unpaired) electrons. The first-order valence-corrected chi connectivity index (χ1v) is 7.65. The molecule has 0 atom stereocenters. The molecule has 19 heavy (non-hydrogen) atoms. The lowest BCUT2D eigenvalue weighted by Gasteiger charge is -2.29. The lowest BCUT2D eigenvalue weighted by Crippen LogP contribution is -2.43. The molecule has 1 aromatic carbocycles. The van der Waals surface area contributed by atoms with Gasteiger partial charge in [-0.05, 0) is 24.3 Å². The third kappa shape index (κ3) is 3.50. The van der Waals surface area contributed by atoms with Gasteiger partial charge in [-0.3, -0.25) is 9.59 Å². The van der Waals surface area contributed by atoms with Gasteiger partial charge in [-0.1, -0.05) is 25.5 Å². The minimum absolute atomic E-state index is 0.00315. The van der Waals surface area contributed by atoms with Crippen molar-refractivity contribution >= 4 is 35.0 Å². The fourth-order valence-corrected chi connectivity index (χ4v) is 2.91. The van der Waals surface area contributed by atoms with Gasteiger partial charge < -0.3 is 10.2 Å². The number of carbonyl (C=O) groups is 2. The predicted octanol–water partition coefficient (Wildman–Crippen LogP) is 2.51. The van der Waals surface area contributed by atoms with Gasteiger partial charge in [-0.15, -0.1) is 0 Å². The number of fused-ring (bicyclic) bond motifs is 1.